The van der Waals surface area contributed by atoms with Gasteiger partial charge in [0, 0.05) is 28.9 Å². The monoisotopic (exact) mass is 405 g/mol. The molecular weight excluding hydrogens is 381 g/mol. The smallest absolute Gasteiger partial charge is 0.0734 e. The first-order valence-corrected chi connectivity index (χ1v) is 9.17. The molecule has 1 aliphatic heterocycles. The highest BCUT2D eigenvalue weighted by atomic mass is 35.5. The van der Waals surface area contributed by atoms with E-state index in [1.807, 2.05) is 6.07 Å². The van der Waals surface area contributed by atoms with Gasteiger partial charge in [-0.2, -0.15) is 5.10 Å². The molecule has 7 heteroatoms. The lowest BCUT2D eigenvalue weighted by atomic mass is 9.97. The summed E-state index contributed by atoms with van der Waals surface area (Å²) in [4.78, 5) is 0. The van der Waals surface area contributed by atoms with Crippen LogP contribution in [0.25, 0.3) is 10.9 Å². The lowest BCUT2D eigenvalue weighted by Gasteiger charge is -2.28. The minimum absolute atomic E-state index is 0. The molecule has 1 aromatic carbocycles. The van der Waals surface area contributed by atoms with Crippen molar-refractivity contribution in [2.24, 2.45) is 0 Å². The summed E-state index contributed by atoms with van der Waals surface area (Å²) in [6.07, 6.45) is 6.32. The van der Waals surface area contributed by atoms with Crippen LogP contribution in [-0.4, -0.2) is 33.6 Å². The molecule has 2 aliphatic rings. The maximum atomic E-state index is 10.1. The van der Waals surface area contributed by atoms with E-state index in [4.69, 9.17) is 16.7 Å². The van der Waals surface area contributed by atoms with Gasteiger partial charge in [-0.25, -0.2) is 0 Å². The van der Waals surface area contributed by atoms with Gasteiger partial charge in [-0.3, -0.25) is 4.68 Å². The van der Waals surface area contributed by atoms with E-state index in [-0.39, 0.29) is 37.0 Å². The number of nitrogens with zero attached hydrogens (tertiary/aromatic N) is 2. The summed E-state index contributed by atoms with van der Waals surface area (Å²) in [5.41, 5.74) is 2.41. The third-order valence-electron chi connectivity index (χ3n) is 5.14. The predicted molar refractivity (Wildman–Crippen MR) is 107 cm³/mol. The number of benzene rings is 1. The van der Waals surface area contributed by atoms with Gasteiger partial charge >= 0.3 is 0 Å². The van der Waals surface area contributed by atoms with Crippen molar-refractivity contribution in [3.63, 3.8) is 0 Å². The fourth-order valence-corrected chi connectivity index (χ4v) is 3.87. The molecule has 0 unspecified atom stereocenters. The summed E-state index contributed by atoms with van der Waals surface area (Å²) in [7, 11) is 0. The van der Waals surface area contributed by atoms with Crippen molar-refractivity contribution in [3.8, 4) is 0 Å². The number of aliphatic hydroxyl groups is 1. The maximum Gasteiger partial charge on any atom is 0.0734 e. The van der Waals surface area contributed by atoms with E-state index < -0.39 is 0 Å². The van der Waals surface area contributed by atoms with Crippen molar-refractivity contribution in [1.29, 1.82) is 0 Å². The number of aryl methyl sites for hydroxylation is 1. The fourth-order valence-electron chi connectivity index (χ4n) is 3.70. The quantitative estimate of drug-likeness (QED) is 0.778. The molecule has 0 amide bonds. The Bertz CT molecular complexity index is 702. The average molecular weight is 407 g/mol. The van der Waals surface area contributed by atoms with Crippen molar-refractivity contribution in [3.05, 3.63) is 28.9 Å². The Balaban J connectivity index is 0.00000113. The molecule has 140 valence electrons. The van der Waals surface area contributed by atoms with Crippen LogP contribution >= 0.6 is 36.4 Å². The number of piperidine rings is 1. The van der Waals surface area contributed by atoms with Crippen molar-refractivity contribution in [2.45, 2.75) is 63.1 Å². The molecule has 2 N–H and O–H groups in total. The number of hydrogen-bond donors (Lipinski definition) is 2. The average Bonchev–Trinajstić information content (AvgIpc) is 3.32. The molecule has 0 spiro atoms. The molecule has 25 heavy (non-hydrogen) atoms. The van der Waals surface area contributed by atoms with Crippen molar-refractivity contribution < 1.29 is 5.11 Å². The summed E-state index contributed by atoms with van der Waals surface area (Å²) in [5.74, 6) is 0.624. The minimum atomic E-state index is -0.195. The topological polar surface area (TPSA) is 50.1 Å². The third-order valence-corrected chi connectivity index (χ3v) is 5.37. The van der Waals surface area contributed by atoms with Crippen molar-refractivity contribution >= 4 is 47.3 Å². The predicted octanol–water partition coefficient (Wildman–Crippen LogP) is 4.30. The Morgan fingerprint density at radius 2 is 2.04 bits per heavy atom. The van der Waals surface area contributed by atoms with Crippen LogP contribution in [0.15, 0.2) is 18.2 Å². The van der Waals surface area contributed by atoms with Gasteiger partial charge in [0.25, 0.3) is 0 Å². The zero-order chi connectivity index (χ0) is 15.8. The molecule has 1 aromatic heterocycles. The zero-order valence-electron chi connectivity index (χ0n) is 14.2. The molecule has 0 bridgehead atoms. The van der Waals surface area contributed by atoms with Gasteiger partial charge in [0.15, 0.2) is 0 Å². The van der Waals surface area contributed by atoms with E-state index in [0.717, 1.165) is 43.8 Å². The summed E-state index contributed by atoms with van der Waals surface area (Å²) in [5, 5.41) is 20.4. The van der Waals surface area contributed by atoms with E-state index in [9.17, 15) is 5.11 Å². The molecule has 2 fully saturated rings. The van der Waals surface area contributed by atoms with Crippen LogP contribution < -0.4 is 5.32 Å². The second kappa shape index (κ2) is 8.92. The fraction of sp³-hybridized carbons (Fsp3) is 0.611. The molecule has 1 saturated carbocycles. The highest BCUT2D eigenvalue weighted by molar-refractivity contribution is 6.31. The number of nitrogens with one attached hydrogen (secondary N) is 1. The molecule has 0 radical (unpaired) electrons. The highest BCUT2D eigenvalue weighted by Crippen LogP contribution is 2.42. The standard InChI is InChI=1S/C18H24ClN3O.2ClH/c19-13-7-8-16-14(11-13)18(12-5-6-12)21-22(16)10-2-3-15-17(23)4-1-9-20-15;;/h7-8,11-12,15,17,20,23H,1-6,9-10H2;2*1H/t15-,17+;;/m1../s1. The van der Waals surface area contributed by atoms with Crippen LogP contribution in [0.5, 0.6) is 0 Å². The second-order valence-electron chi connectivity index (χ2n) is 6.96. The van der Waals surface area contributed by atoms with Crippen LogP contribution in [0.2, 0.25) is 5.02 Å². The Hall–Kier alpha value is -0.520. The molecule has 2 aromatic rings. The van der Waals surface area contributed by atoms with E-state index in [1.54, 1.807) is 0 Å². The summed E-state index contributed by atoms with van der Waals surface area (Å²) >= 11 is 6.17. The molecule has 4 rings (SSSR count). The maximum absolute atomic E-state index is 10.1. The van der Waals surface area contributed by atoms with Crippen molar-refractivity contribution in [1.82, 2.24) is 15.1 Å². The first kappa shape index (κ1) is 20.8. The van der Waals surface area contributed by atoms with Gasteiger partial charge in [-0.1, -0.05) is 11.6 Å². The number of aromatic nitrogens is 2. The van der Waals surface area contributed by atoms with Gasteiger partial charge in [0.2, 0.25) is 0 Å². The van der Waals surface area contributed by atoms with Gasteiger partial charge in [-0.05, 0) is 63.3 Å². The van der Waals surface area contributed by atoms with Gasteiger partial charge in [0.1, 0.15) is 0 Å². The minimum Gasteiger partial charge on any atom is -0.392 e. The highest BCUT2D eigenvalue weighted by Gasteiger charge is 2.29. The summed E-state index contributed by atoms with van der Waals surface area (Å²) in [6.45, 7) is 1.92. The lowest BCUT2D eigenvalue weighted by molar-refractivity contribution is 0.0908. The second-order valence-corrected chi connectivity index (χ2v) is 7.39. The molecule has 1 aliphatic carbocycles. The zero-order valence-corrected chi connectivity index (χ0v) is 16.5. The van der Waals surface area contributed by atoms with Crippen LogP contribution in [0.1, 0.15) is 50.1 Å². The number of rotatable bonds is 5. The molecule has 2 atom stereocenters. The lowest BCUT2D eigenvalue weighted by Crippen LogP contribution is -2.44. The summed E-state index contributed by atoms with van der Waals surface area (Å²) in [6, 6.07) is 6.33. The first-order chi connectivity index (χ1) is 11.2. The third kappa shape index (κ3) is 4.61. The Labute approximate surface area is 166 Å². The van der Waals surface area contributed by atoms with Crippen LogP contribution in [-0.2, 0) is 6.54 Å². The number of hydrogen-bond acceptors (Lipinski definition) is 3. The van der Waals surface area contributed by atoms with Crippen LogP contribution in [0.4, 0.5) is 0 Å². The normalized spacial score (nSPS) is 23.1. The van der Waals surface area contributed by atoms with Crippen LogP contribution in [0, 0.1) is 0 Å². The van der Waals surface area contributed by atoms with E-state index in [0.29, 0.717) is 5.92 Å². The molecular formula is C18H26Cl3N3O. The number of halogens is 3. The van der Waals surface area contributed by atoms with Crippen LogP contribution in [0.3, 0.4) is 0 Å². The number of fused-ring (bicyclic) bond motifs is 1. The largest absolute Gasteiger partial charge is 0.392 e. The van der Waals surface area contributed by atoms with E-state index >= 15 is 0 Å². The Morgan fingerprint density at radius 1 is 1.24 bits per heavy atom. The summed E-state index contributed by atoms with van der Waals surface area (Å²) < 4.78 is 2.13. The Morgan fingerprint density at radius 3 is 2.76 bits per heavy atom. The SMILES string of the molecule is Cl.Cl.O[C@H]1CCCN[C@@H]1CCCn1nc(C2CC2)c2cc(Cl)ccc21. The van der Waals surface area contributed by atoms with E-state index in [1.165, 1.54) is 29.4 Å². The number of aliphatic hydroxyl groups excluding tert-OH is 1. The van der Waals surface area contributed by atoms with Gasteiger partial charge in [0.05, 0.1) is 17.3 Å². The van der Waals surface area contributed by atoms with Crippen molar-refractivity contribution in [2.75, 3.05) is 6.54 Å². The van der Waals surface area contributed by atoms with Gasteiger partial charge in [-0.15, -0.1) is 24.8 Å². The molecule has 1 saturated heterocycles. The van der Waals surface area contributed by atoms with Gasteiger partial charge < -0.3 is 10.4 Å². The molecule has 2 heterocycles. The first-order valence-electron chi connectivity index (χ1n) is 8.80. The molecule has 4 nitrogen and oxygen atoms in total. The van der Waals surface area contributed by atoms with E-state index in [2.05, 4.69) is 22.1 Å². The Kier molecular flexibility index (Phi) is 7.41.